The van der Waals surface area contributed by atoms with E-state index in [4.69, 9.17) is 9.84 Å². The van der Waals surface area contributed by atoms with Gasteiger partial charge in [-0.15, -0.1) is 0 Å². The number of methoxy groups -OCH3 is 1. The molecule has 0 aromatic heterocycles. The second kappa shape index (κ2) is 6.97. The third-order valence-corrected chi connectivity index (χ3v) is 3.30. The first kappa shape index (κ1) is 16.8. The van der Waals surface area contributed by atoms with Crippen molar-refractivity contribution in [2.75, 3.05) is 26.0 Å². The maximum atomic E-state index is 12.1. The molecule has 1 rings (SSSR count). The summed E-state index contributed by atoms with van der Waals surface area (Å²) < 4.78 is 5.24. The number of carboxylic acid groups (broad SMARTS) is 1. The molecule has 0 spiro atoms. The largest absolute Gasteiger partial charge is 0.496 e. The van der Waals surface area contributed by atoms with E-state index in [1.165, 1.54) is 4.90 Å². The van der Waals surface area contributed by atoms with Crippen LogP contribution in [0.4, 0.5) is 10.5 Å². The number of ether oxygens (including phenoxy) is 1. The van der Waals surface area contributed by atoms with Gasteiger partial charge < -0.3 is 20.1 Å². The molecular weight excluding hydrogens is 272 g/mol. The Morgan fingerprint density at radius 3 is 2.48 bits per heavy atom. The van der Waals surface area contributed by atoms with E-state index in [1.807, 2.05) is 19.9 Å². The lowest BCUT2D eigenvalue weighted by Gasteiger charge is -2.21. The van der Waals surface area contributed by atoms with E-state index < -0.39 is 11.9 Å². The van der Waals surface area contributed by atoms with Crippen LogP contribution in [0.5, 0.6) is 5.75 Å². The predicted octanol–water partition coefficient (Wildman–Crippen LogP) is 2.50. The van der Waals surface area contributed by atoms with Gasteiger partial charge in [-0.25, -0.2) is 4.79 Å². The van der Waals surface area contributed by atoms with Gasteiger partial charge in [0.1, 0.15) is 5.75 Å². The molecule has 6 heteroatoms. The third-order valence-electron chi connectivity index (χ3n) is 3.30. The number of aryl methyl sites for hydroxylation is 2. The van der Waals surface area contributed by atoms with Gasteiger partial charge in [-0.2, -0.15) is 0 Å². The van der Waals surface area contributed by atoms with Gasteiger partial charge in [0, 0.05) is 25.3 Å². The van der Waals surface area contributed by atoms with Crippen LogP contribution in [0.25, 0.3) is 0 Å². The Kier molecular flexibility index (Phi) is 5.58. The van der Waals surface area contributed by atoms with Crippen LogP contribution in [0.2, 0.25) is 0 Å². The molecule has 21 heavy (non-hydrogen) atoms. The van der Waals surface area contributed by atoms with Crippen LogP contribution >= 0.6 is 0 Å². The van der Waals surface area contributed by atoms with E-state index in [2.05, 4.69) is 5.32 Å². The van der Waals surface area contributed by atoms with Gasteiger partial charge in [-0.1, -0.05) is 13.0 Å². The number of carbonyl (C=O) groups excluding carboxylic acids is 1. The standard InChI is InChI=1S/C15H22N2O4/c1-9-6-10(2)13(21-5)7-12(9)16-15(20)17(4)8-11(3)14(18)19/h6-7,11H,8H2,1-5H3,(H,16,20)(H,18,19). The zero-order chi connectivity index (χ0) is 16.2. The second-order valence-electron chi connectivity index (χ2n) is 5.19. The number of aliphatic carboxylic acids is 1. The van der Waals surface area contributed by atoms with Gasteiger partial charge in [-0.05, 0) is 25.0 Å². The van der Waals surface area contributed by atoms with E-state index in [-0.39, 0.29) is 12.6 Å². The minimum absolute atomic E-state index is 0.142. The third kappa shape index (κ3) is 4.37. The fourth-order valence-corrected chi connectivity index (χ4v) is 1.97. The minimum atomic E-state index is -0.928. The van der Waals surface area contributed by atoms with Crippen LogP contribution in [-0.4, -0.2) is 42.7 Å². The number of amides is 2. The summed E-state index contributed by atoms with van der Waals surface area (Å²) in [4.78, 5) is 24.3. The Balaban J connectivity index is 2.81. The Morgan fingerprint density at radius 2 is 1.95 bits per heavy atom. The van der Waals surface area contributed by atoms with Gasteiger partial charge in [0.15, 0.2) is 0 Å². The van der Waals surface area contributed by atoms with Crippen molar-refractivity contribution in [3.8, 4) is 5.75 Å². The highest BCUT2D eigenvalue weighted by molar-refractivity contribution is 5.90. The molecule has 0 aliphatic rings. The van der Waals surface area contributed by atoms with Crippen molar-refractivity contribution in [2.45, 2.75) is 20.8 Å². The SMILES string of the molecule is COc1cc(NC(=O)N(C)CC(C)C(=O)O)c(C)cc1C. The van der Waals surface area contributed by atoms with Gasteiger partial charge >= 0.3 is 12.0 Å². The van der Waals surface area contributed by atoms with Crippen molar-refractivity contribution in [3.63, 3.8) is 0 Å². The quantitative estimate of drug-likeness (QED) is 0.874. The van der Waals surface area contributed by atoms with E-state index in [0.717, 1.165) is 11.1 Å². The van der Waals surface area contributed by atoms with E-state index >= 15 is 0 Å². The van der Waals surface area contributed by atoms with Gasteiger partial charge in [0.2, 0.25) is 0 Å². The molecule has 0 aliphatic heterocycles. The highest BCUT2D eigenvalue weighted by atomic mass is 16.5. The molecule has 0 radical (unpaired) electrons. The first-order valence-corrected chi connectivity index (χ1v) is 6.66. The first-order chi connectivity index (χ1) is 9.76. The zero-order valence-electron chi connectivity index (χ0n) is 13.1. The normalized spacial score (nSPS) is 11.7. The molecule has 0 heterocycles. The molecule has 0 bridgehead atoms. The molecule has 1 atom stereocenters. The molecular formula is C15H22N2O4. The van der Waals surface area contributed by atoms with Crippen LogP contribution in [0.3, 0.4) is 0 Å². The highest BCUT2D eigenvalue weighted by Crippen LogP contribution is 2.26. The van der Waals surface area contributed by atoms with Gasteiger partial charge in [0.25, 0.3) is 0 Å². The van der Waals surface area contributed by atoms with Crippen molar-refractivity contribution in [3.05, 3.63) is 23.3 Å². The Hall–Kier alpha value is -2.24. The van der Waals surface area contributed by atoms with Crippen molar-refractivity contribution in [1.29, 1.82) is 0 Å². The summed E-state index contributed by atoms with van der Waals surface area (Å²) in [6.07, 6.45) is 0. The Morgan fingerprint density at radius 1 is 1.33 bits per heavy atom. The summed E-state index contributed by atoms with van der Waals surface area (Å²) in [5.74, 6) is -0.852. The molecule has 0 aliphatic carbocycles. The van der Waals surface area contributed by atoms with Gasteiger partial charge in [-0.3, -0.25) is 4.79 Å². The highest BCUT2D eigenvalue weighted by Gasteiger charge is 2.18. The summed E-state index contributed by atoms with van der Waals surface area (Å²) in [5, 5.41) is 11.6. The number of carbonyl (C=O) groups is 2. The van der Waals surface area contributed by atoms with Crippen molar-refractivity contribution >= 4 is 17.7 Å². The van der Waals surface area contributed by atoms with Crippen molar-refractivity contribution < 1.29 is 19.4 Å². The predicted molar refractivity (Wildman–Crippen MR) is 80.9 cm³/mol. The molecule has 2 amide bonds. The first-order valence-electron chi connectivity index (χ1n) is 6.66. The lowest BCUT2D eigenvalue weighted by Crippen LogP contribution is -2.36. The molecule has 1 aromatic rings. The maximum Gasteiger partial charge on any atom is 0.321 e. The van der Waals surface area contributed by atoms with Gasteiger partial charge in [0.05, 0.1) is 13.0 Å². The fourth-order valence-electron chi connectivity index (χ4n) is 1.97. The number of benzene rings is 1. The van der Waals surface area contributed by atoms with E-state index in [0.29, 0.717) is 11.4 Å². The summed E-state index contributed by atoms with van der Waals surface area (Å²) in [6.45, 7) is 5.52. The van der Waals surface area contributed by atoms with Crippen LogP contribution in [0.1, 0.15) is 18.1 Å². The fraction of sp³-hybridized carbons (Fsp3) is 0.467. The smallest absolute Gasteiger partial charge is 0.321 e. The van der Waals surface area contributed by atoms with Crippen LogP contribution in [0.15, 0.2) is 12.1 Å². The molecule has 6 nitrogen and oxygen atoms in total. The topological polar surface area (TPSA) is 78.9 Å². The summed E-state index contributed by atoms with van der Waals surface area (Å²) in [7, 11) is 3.14. The minimum Gasteiger partial charge on any atom is -0.496 e. The monoisotopic (exact) mass is 294 g/mol. The second-order valence-corrected chi connectivity index (χ2v) is 5.19. The number of nitrogens with zero attached hydrogens (tertiary/aromatic N) is 1. The van der Waals surface area contributed by atoms with Crippen LogP contribution in [0, 0.1) is 19.8 Å². The van der Waals surface area contributed by atoms with E-state index in [9.17, 15) is 9.59 Å². The number of urea groups is 1. The molecule has 1 unspecified atom stereocenters. The molecule has 0 saturated carbocycles. The number of hydrogen-bond acceptors (Lipinski definition) is 3. The lowest BCUT2D eigenvalue weighted by molar-refractivity contribution is -0.141. The van der Waals surface area contributed by atoms with Crippen molar-refractivity contribution in [2.24, 2.45) is 5.92 Å². The summed E-state index contributed by atoms with van der Waals surface area (Å²) in [6, 6.07) is 3.34. The molecule has 116 valence electrons. The number of carboxylic acids is 1. The molecule has 0 saturated heterocycles. The van der Waals surface area contributed by atoms with Crippen molar-refractivity contribution in [1.82, 2.24) is 4.90 Å². The Bertz CT molecular complexity index is 543. The van der Waals surface area contributed by atoms with Crippen LogP contribution < -0.4 is 10.1 Å². The Labute approximate surface area is 124 Å². The number of nitrogens with one attached hydrogen (secondary N) is 1. The summed E-state index contributed by atoms with van der Waals surface area (Å²) in [5.41, 5.74) is 2.56. The lowest BCUT2D eigenvalue weighted by atomic mass is 10.1. The molecule has 0 fully saturated rings. The van der Waals surface area contributed by atoms with Crippen LogP contribution in [-0.2, 0) is 4.79 Å². The zero-order valence-corrected chi connectivity index (χ0v) is 13.1. The molecule has 1 aromatic carbocycles. The number of anilines is 1. The summed E-state index contributed by atoms with van der Waals surface area (Å²) >= 11 is 0. The van der Waals surface area contributed by atoms with E-state index in [1.54, 1.807) is 27.1 Å². The number of rotatable bonds is 5. The average molecular weight is 294 g/mol. The average Bonchev–Trinajstić information content (AvgIpc) is 2.41. The maximum absolute atomic E-state index is 12.1. The number of hydrogen-bond donors (Lipinski definition) is 2. The molecule has 2 N–H and O–H groups in total.